The summed E-state index contributed by atoms with van der Waals surface area (Å²) in [5, 5.41) is 6.46. The van der Waals surface area contributed by atoms with Crippen LogP contribution in [-0.4, -0.2) is 24.2 Å². The van der Waals surface area contributed by atoms with E-state index in [-0.39, 0.29) is 5.97 Å². The van der Waals surface area contributed by atoms with Gasteiger partial charge in [0.25, 0.3) is 0 Å². The minimum Gasteiger partial charge on any atom is -0.462 e. The summed E-state index contributed by atoms with van der Waals surface area (Å²) in [7, 11) is 0. The second-order valence-corrected chi connectivity index (χ2v) is 5.42. The zero-order valence-electron chi connectivity index (χ0n) is 10.8. The minimum atomic E-state index is -0.222. The fourth-order valence-corrected chi connectivity index (χ4v) is 2.68. The molecule has 0 aromatic rings. The first-order chi connectivity index (χ1) is 8.66. The van der Waals surface area contributed by atoms with Gasteiger partial charge in [0.05, 0.1) is 18.7 Å². The number of carbonyl (C=O) groups excluding carboxylic acids is 1. The van der Waals surface area contributed by atoms with Crippen LogP contribution < -0.4 is 10.6 Å². The lowest BCUT2D eigenvalue weighted by atomic mass is 9.90. The molecule has 0 atom stereocenters. The molecule has 2 N–H and O–H groups in total. The largest absolute Gasteiger partial charge is 0.462 e. The maximum absolute atomic E-state index is 12.0. The number of hydrogen-bond acceptors (Lipinski definition) is 3. The summed E-state index contributed by atoms with van der Waals surface area (Å²) < 4.78 is 5.41. The monoisotopic (exact) mass is 268 g/mol. The van der Waals surface area contributed by atoms with Crippen LogP contribution in [-0.2, 0) is 9.53 Å². The highest BCUT2D eigenvalue weighted by molar-refractivity contribution is 7.80. The van der Waals surface area contributed by atoms with Gasteiger partial charge in [0.2, 0.25) is 0 Å². The van der Waals surface area contributed by atoms with Gasteiger partial charge in [-0.05, 0) is 37.9 Å². The molecule has 1 aliphatic heterocycles. The van der Waals surface area contributed by atoms with E-state index >= 15 is 0 Å². The van der Waals surface area contributed by atoms with Crippen LogP contribution in [0.2, 0.25) is 0 Å². The van der Waals surface area contributed by atoms with E-state index in [1.165, 1.54) is 32.1 Å². The summed E-state index contributed by atoms with van der Waals surface area (Å²) in [5.41, 5.74) is 1.45. The highest BCUT2D eigenvalue weighted by atomic mass is 32.1. The zero-order chi connectivity index (χ0) is 13.0. The molecule has 1 fully saturated rings. The van der Waals surface area contributed by atoms with E-state index in [0.29, 0.717) is 29.8 Å². The van der Waals surface area contributed by atoms with E-state index < -0.39 is 0 Å². The maximum Gasteiger partial charge on any atom is 0.337 e. The topological polar surface area (TPSA) is 50.4 Å². The summed E-state index contributed by atoms with van der Waals surface area (Å²) >= 11 is 4.98. The summed E-state index contributed by atoms with van der Waals surface area (Å²) in [6.45, 7) is 2.87. The first-order valence-corrected chi connectivity index (χ1v) is 6.99. The quantitative estimate of drug-likeness (QED) is 0.604. The number of allylic oxidation sites excluding steroid dienone is 1. The van der Waals surface area contributed by atoms with Crippen LogP contribution in [0.4, 0.5) is 0 Å². The Labute approximate surface area is 113 Å². The van der Waals surface area contributed by atoms with Crippen LogP contribution in [0.15, 0.2) is 11.3 Å². The molecule has 100 valence electrons. The van der Waals surface area contributed by atoms with Gasteiger partial charge >= 0.3 is 5.97 Å². The van der Waals surface area contributed by atoms with E-state index in [4.69, 9.17) is 17.0 Å². The molecule has 0 saturated heterocycles. The molecule has 0 radical (unpaired) electrons. The highest BCUT2D eigenvalue weighted by Gasteiger charge is 2.21. The maximum atomic E-state index is 12.0. The van der Waals surface area contributed by atoms with Crippen molar-refractivity contribution in [1.82, 2.24) is 10.6 Å². The number of hydrogen-bond donors (Lipinski definition) is 2. The van der Waals surface area contributed by atoms with Crippen LogP contribution in [0.25, 0.3) is 0 Å². The predicted molar refractivity (Wildman–Crippen MR) is 74.0 cm³/mol. The third-order valence-electron chi connectivity index (χ3n) is 3.60. The smallest absolute Gasteiger partial charge is 0.337 e. The van der Waals surface area contributed by atoms with Crippen molar-refractivity contribution in [2.24, 2.45) is 5.92 Å². The van der Waals surface area contributed by atoms with Crippen molar-refractivity contribution in [3.05, 3.63) is 11.3 Å². The molecule has 0 bridgehead atoms. The van der Waals surface area contributed by atoms with Crippen molar-refractivity contribution < 1.29 is 9.53 Å². The summed E-state index contributed by atoms with van der Waals surface area (Å²) in [4.78, 5) is 12.0. The van der Waals surface area contributed by atoms with Crippen LogP contribution in [0, 0.1) is 5.92 Å². The first kappa shape index (κ1) is 13.3. The normalized spacial score (nSPS) is 21.3. The van der Waals surface area contributed by atoms with E-state index in [1.807, 2.05) is 6.92 Å². The van der Waals surface area contributed by atoms with Gasteiger partial charge in [-0.1, -0.05) is 19.3 Å². The molecule has 2 rings (SSSR count). The lowest BCUT2D eigenvalue weighted by molar-refractivity contribution is -0.140. The Morgan fingerprint density at radius 2 is 2.11 bits per heavy atom. The molecule has 0 unspecified atom stereocenters. The molecule has 1 aliphatic carbocycles. The molecule has 0 aromatic heterocycles. The number of ether oxygens (including phenoxy) is 1. The molecule has 0 aromatic carbocycles. The van der Waals surface area contributed by atoms with E-state index in [9.17, 15) is 4.79 Å². The fourth-order valence-electron chi connectivity index (χ4n) is 2.45. The third kappa shape index (κ3) is 3.45. The molecule has 0 amide bonds. The predicted octanol–water partition coefficient (Wildman–Crippen LogP) is 1.86. The van der Waals surface area contributed by atoms with E-state index in [1.54, 1.807) is 0 Å². The van der Waals surface area contributed by atoms with Gasteiger partial charge in [0.1, 0.15) is 0 Å². The number of thiocarbonyl (C=S) groups is 1. The molecule has 2 aliphatic rings. The molecular formula is C13H20N2O2S. The Morgan fingerprint density at radius 1 is 1.39 bits per heavy atom. The Hall–Kier alpha value is -1.10. The molecule has 1 saturated carbocycles. The standard InChI is InChI=1S/C13H20N2O2S/c1-9-11(7-14-13(18)15-9)12(16)17-8-10-5-3-2-4-6-10/h10H,2-8H2,1H3,(H2,14,15,18). The summed E-state index contributed by atoms with van der Waals surface area (Å²) in [6, 6.07) is 0. The van der Waals surface area contributed by atoms with Crippen molar-refractivity contribution in [1.29, 1.82) is 0 Å². The third-order valence-corrected chi connectivity index (χ3v) is 3.85. The van der Waals surface area contributed by atoms with Gasteiger partial charge < -0.3 is 15.4 Å². The van der Waals surface area contributed by atoms with Crippen LogP contribution >= 0.6 is 12.2 Å². The summed E-state index contributed by atoms with van der Waals surface area (Å²) in [6.07, 6.45) is 6.22. The van der Waals surface area contributed by atoms with E-state index in [2.05, 4.69) is 10.6 Å². The Kier molecular flexibility index (Phi) is 4.58. The Bertz CT molecular complexity index is 373. The van der Waals surface area contributed by atoms with Crippen molar-refractivity contribution in [3.8, 4) is 0 Å². The van der Waals surface area contributed by atoms with Crippen LogP contribution in [0.1, 0.15) is 39.0 Å². The van der Waals surface area contributed by atoms with Gasteiger partial charge in [-0.15, -0.1) is 0 Å². The molecule has 1 heterocycles. The average molecular weight is 268 g/mol. The number of rotatable bonds is 3. The Morgan fingerprint density at radius 3 is 2.78 bits per heavy atom. The molecule has 18 heavy (non-hydrogen) atoms. The van der Waals surface area contributed by atoms with Crippen molar-refractivity contribution in [2.75, 3.05) is 13.2 Å². The van der Waals surface area contributed by atoms with Gasteiger partial charge in [0.15, 0.2) is 5.11 Å². The van der Waals surface area contributed by atoms with E-state index in [0.717, 1.165) is 5.70 Å². The van der Waals surface area contributed by atoms with Gasteiger partial charge in [-0.25, -0.2) is 4.79 Å². The van der Waals surface area contributed by atoms with Gasteiger partial charge in [0, 0.05) is 5.70 Å². The lowest BCUT2D eigenvalue weighted by Crippen LogP contribution is -2.43. The van der Waals surface area contributed by atoms with Crippen molar-refractivity contribution in [2.45, 2.75) is 39.0 Å². The minimum absolute atomic E-state index is 0.222. The fraction of sp³-hybridized carbons (Fsp3) is 0.692. The van der Waals surface area contributed by atoms with Gasteiger partial charge in [-0.2, -0.15) is 0 Å². The summed E-state index contributed by atoms with van der Waals surface area (Å²) in [5.74, 6) is 0.328. The SMILES string of the molecule is CC1=C(C(=O)OCC2CCCCC2)CNC(=S)N1. The number of carbonyl (C=O) groups is 1. The highest BCUT2D eigenvalue weighted by Crippen LogP contribution is 2.24. The molecule has 5 heteroatoms. The first-order valence-electron chi connectivity index (χ1n) is 6.58. The van der Waals surface area contributed by atoms with Crippen molar-refractivity contribution in [3.63, 3.8) is 0 Å². The second-order valence-electron chi connectivity index (χ2n) is 5.01. The molecular weight excluding hydrogens is 248 g/mol. The number of nitrogens with one attached hydrogen (secondary N) is 2. The lowest BCUT2D eigenvalue weighted by Gasteiger charge is -2.23. The van der Waals surface area contributed by atoms with Crippen LogP contribution in [0.3, 0.4) is 0 Å². The number of esters is 1. The average Bonchev–Trinajstić information content (AvgIpc) is 2.37. The van der Waals surface area contributed by atoms with Crippen LogP contribution in [0.5, 0.6) is 0 Å². The molecule has 4 nitrogen and oxygen atoms in total. The van der Waals surface area contributed by atoms with Crippen molar-refractivity contribution >= 4 is 23.3 Å². The zero-order valence-corrected chi connectivity index (χ0v) is 11.6. The molecule has 0 spiro atoms. The second kappa shape index (κ2) is 6.18. The Balaban J connectivity index is 1.84. The van der Waals surface area contributed by atoms with Gasteiger partial charge in [-0.3, -0.25) is 0 Å².